The Labute approximate surface area is 101 Å². The van der Waals surface area contributed by atoms with E-state index >= 15 is 0 Å². The van der Waals surface area contributed by atoms with Crippen molar-refractivity contribution in [2.24, 2.45) is 0 Å². The van der Waals surface area contributed by atoms with E-state index in [0.717, 1.165) is 0 Å². The van der Waals surface area contributed by atoms with Gasteiger partial charge in [0, 0.05) is 17.7 Å². The summed E-state index contributed by atoms with van der Waals surface area (Å²) in [6.07, 6.45) is 0. The van der Waals surface area contributed by atoms with Crippen molar-refractivity contribution in [2.45, 2.75) is 12.3 Å². The first-order valence-corrected chi connectivity index (χ1v) is 5.24. The van der Waals surface area contributed by atoms with E-state index in [-0.39, 0.29) is 11.1 Å². The van der Waals surface area contributed by atoms with Gasteiger partial charge in [-0.25, -0.2) is 0 Å². The molecule has 0 N–H and O–H groups in total. The number of benzene rings is 1. The summed E-state index contributed by atoms with van der Waals surface area (Å²) in [4.78, 5) is 10.0. The lowest BCUT2D eigenvalue weighted by atomic mass is 10.2. The molecule has 0 fully saturated rings. The number of rotatable bonds is 3. The molecule has 1 aromatic carbocycles. The second-order valence-electron chi connectivity index (χ2n) is 3.37. The molecule has 6 nitrogen and oxygen atoms in total. The van der Waals surface area contributed by atoms with E-state index < -0.39 is 4.92 Å². The molecule has 0 amide bonds. The number of halogens is 1. The van der Waals surface area contributed by atoms with E-state index in [4.69, 9.17) is 16.0 Å². The van der Waals surface area contributed by atoms with Crippen LogP contribution in [0.25, 0.3) is 11.5 Å². The molecule has 2 aromatic rings. The summed E-state index contributed by atoms with van der Waals surface area (Å²) < 4.78 is 5.31. The maximum atomic E-state index is 10.5. The zero-order chi connectivity index (χ0) is 12.4. The van der Waals surface area contributed by atoms with Crippen molar-refractivity contribution in [3.05, 3.63) is 40.3 Å². The molecular weight excluding hydrogens is 246 g/mol. The highest BCUT2D eigenvalue weighted by atomic mass is 35.5. The first-order chi connectivity index (χ1) is 8.08. The summed E-state index contributed by atoms with van der Waals surface area (Å²) in [6, 6.07) is 5.86. The molecule has 0 radical (unpaired) electrons. The molecule has 0 aliphatic carbocycles. The van der Waals surface area contributed by atoms with Crippen LogP contribution in [0.4, 0.5) is 5.69 Å². The summed E-state index contributed by atoms with van der Waals surface area (Å²) in [6.45, 7) is 1.72. The summed E-state index contributed by atoms with van der Waals surface area (Å²) >= 11 is 5.79. The maximum Gasteiger partial charge on any atom is 0.269 e. The van der Waals surface area contributed by atoms with Crippen LogP contribution in [0.5, 0.6) is 0 Å². The van der Waals surface area contributed by atoms with E-state index in [9.17, 15) is 10.1 Å². The smallest absolute Gasteiger partial charge is 0.269 e. The third-order valence-corrected chi connectivity index (χ3v) is 2.29. The van der Waals surface area contributed by atoms with Gasteiger partial charge in [0.05, 0.1) is 4.92 Å². The first-order valence-electron chi connectivity index (χ1n) is 4.80. The monoisotopic (exact) mass is 253 g/mol. The van der Waals surface area contributed by atoms with E-state index in [0.29, 0.717) is 17.3 Å². The highest BCUT2D eigenvalue weighted by Crippen LogP contribution is 2.24. The first kappa shape index (κ1) is 11.5. The van der Waals surface area contributed by atoms with Crippen LogP contribution in [0.1, 0.15) is 18.2 Å². The van der Waals surface area contributed by atoms with E-state index in [1.54, 1.807) is 19.1 Å². The molecule has 0 saturated carbocycles. The molecule has 0 unspecified atom stereocenters. The van der Waals surface area contributed by atoms with E-state index in [1.165, 1.54) is 12.1 Å². The summed E-state index contributed by atoms with van der Waals surface area (Å²) in [5, 5.41) is 17.7. The predicted molar refractivity (Wildman–Crippen MR) is 60.7 cm³/mol. The fourth-order valence-corrected chi connectivity index (χ4v) is 1.33. The van der Waals surface area contributed by atoms with Gasteiger partial charge in [0.25, 0.3) is 5.69 Å². The minimum atomic E-state index is -0.468. The average molecular weight is 254 g/mol. The Bertz CT molecular complexity index is 536. The third-order valence-electron chi connectivity index (χ3n) is 2.11. The van der Waals surface area contributed by atoms with Crippen LogP contribution in [0.3, 0.4) is 0 Å². The number of aromatic nitrogens is 2. The molecule has 1 atom stereocenters. The van der Waals surface area contributed by atoms with Crippen LogP contribution >= 0.6 is 11.6 Å². The van der Waals surface area contributed by atoms with Crippen molar-refractivity contribution in [3.8, 4) is 11.5 Å². The van der Waals surface area contributed by atoms with Crippen LogP contribution in [-0.2, 0) is 0 Å². The molecule has 88 valence electrons. The lowest BCUT2D eigenvalue weighted by Crippen LogP contribution is -1.87. The SMILES string of the molecule is C[C@H](Cl)c1nnc(-c2ccc([N+](=O)[O-])cc2)o1. The highest BCUT2D eigenvalue weighted by Gasteiger charge is 2.13. The van der Waals surface area contributed by atoms with Gasteiger partial charge in [0.1, 0.15) is 5.38 Å². The van der Waals surface area contributed by atoms with Gasteiger partial charge in [-0.2, -0.15) is 0 Å². The minimum Gasteiger partial charge on any atom is -0.419 e. The van der Waals surface area contributed by atoms with Crippen molar-refractivity contribution in [3.63, 3.8) is 0 Å². The van der Waals surface area contributed by atoms with Crippen molar-refractivity contribution in [2.75, 3.05) is 0 Å². The van der Waals surface area contributed by atoms with Crippen molar-refractivity contribution < 1.29 is 9.34 Å². The number of non-ortho nitro benzene ring substituents is 1. The number of hydrogen-bond donors (Lipinski definition) is 0. The molecule has 0 bridgehead atoms. The largest absolute Gasteiger partial charge is 0.419 e. The number of nitrogens with zero attached hydrogens (tertiary/aromatic N) is 3. The molecule has 2 rings (SSSR count). The van der Waals surface area contributed by atoms with Crippen molar-refractivity contribution in [1.29, 1.82) is 0 Å². The topological polar surface area (TPSA) is 82.1 Å². The molecule has 0 aliphatic rings. The quantitative estimate of drug-likeness (QED) is 0.477. The van der Waals surface area contributed by atoms with Gasteiger partial charge < -0.3 is 4.42 Å². The van der Waals surface area contributed by atoms with Gasteiger partial charge in [-0.1, -0.05) is 0 Å². The molecule has 17 heavy (non-hydrogen) atoms. The Hall–Kier alpha value is -1.95. The minimum absolute atomic E-state index is 0.0131. The zero-order valence-corrected chi connectivity index (χ0v) is 9.59. The van der Waals surface area contributed by atoms with Gasteiger partial charge in [-0.15, -0.1) is 21.8 Å². The van der Waals surface area contributed by atoms with Crippen LogP contribution in [0.2, 0.25) is 0 Å². The fourth-order valence-electron chi connectivity index (χ4n) is 1.24. The van der Waals surface area contributed by atoms with Gasteiger partial charge in [0.2, 0.25) is 11.8 Å². The Balaban J connectivity index is 2.30. The number of nitro groups is 1. The lowest BCUT2D eigenvalue weighted by molar-refractivity contribution is -0.384. The maximum absolute atomic E-state index is 10.5. The summed E-state index contributed by atoms with van der Waals surface area (Å²) in [7, 11) is 0. The van der Waals surface area contributed by atoms with E-state index in [1.807, 2.05) is 0 Å². The molecule has 7 heteroatoms. The standard InChI is InChI=1S/C10H8ClN3O3/c1-6(11)9-12-13-10(17-9)7-2-4-8(5-3-7)14(15)16/h2-6H,1H3/t6-/m0/s1. The Morgan fingerprint density at radius 1 is 1.35 bits per heavy atom. The van der Waals surface area contributed by atoms with Crippen molar-refractivity contribution >= 4 is 17.3 Å². The highest BCUT2D eigenvalue weighted by molar-refractivity contribution is 6.20. The molecular formula is C10H8ClN3O3. The summed E-state index contributed by atoms with van der Waals surface area (Å²) in [5.41, 5.74) is 0.630. The van der Waals surface area contributed by atoms with Crippen LogP contribution < -0.4 is 0 Å². The molecule has 0 spiro atoms. The number of nitro benzene ring substituents is 1. The van der Waals surface area contributed by atoms with E-state index in [2.05, 4.69) is 10.2 Å². The van der Waals surface area contributed by atoms with Gasteiger partial charge >= 0.3 is 0 Å². The second-order valence-corrected chi connectivity index (χ2v) is 4.02. The zero-order valence-electron chi connectivity index (χ0n) is 8.83. The number of hydrogen-bond acceptors (Lipinski definition) is 5. The van der Waals surface area contributed by atoms with Crippen molar-refractivity contribution in [1.82, 2.24) is 10.2 Å². The summed E-state index contributed by atoms with van der Waals surface area (Å²) in [5.74, 6) is 0.613. The van der Waals surface area contributed by atoms with Gasteiger partial charge in [-0.3, -0.25) is 10.1 Å². The number of alkyl halides is 1. The third kappa shape index (κ3) is 2.42. The van der Waals surface area contributed by atoms with Crippen LogP contribution in [0.15, 0.2) is 28.7 Å². The Morgan fingerprint density at radius 3 is 2.47 bits per heavy atom. The molecule has 1 heterocycles. The lowest BCUT2D eigenvalue weighted by Gasteiger charge is -1.95. The van der Waals surface area contributed by atoms with Gasteiger partial charge in [0.15, 0.2) is 0 Å². The Kier molecular flexibility index (Phi) is 3.06. The fraction of sp³-hybridized carbons (Fsp3) is 0.200. The van der Waals surface area contributed by atoms with Crippen LogP contribution in [-0.4, -0.2) is 15.1 Å². The molecule has 1 aromatic heterocycles. The van der Waals surface area contributed by atoms with Gasteiger partial charge in [-0.05, 0) is 19.1 Å². The normalized spacial score (nSPS) is 12.4. The predicted octanol–water partition coefficient (Wildman–Crippen LogP) is 2.94. The second kappa shape index (κ2) is 4.50. The Morgan fingerprint density at radius 2 is 2.00 bits per heavy atom. The van der Waals surface area contributed by atoms with Crippen LogP contribution in [0, 0.1) is 10.1 Å². The average Bonchev–Trinajstić information content (AvgIpc) is 2.78. The molecule has 0 saturated heterocycles. The molecule has 0 aliphatic heterocycles.